The van der Waals surface area contributed by atoms with Crippen molar-refractivity contribution in [2.75, 3.05) is 11.3 Å². The number of fused-ring (bicyclic) bond motifs is 4. The molecule has 3 heterocycles. The maximum atomic E-state index is 14.1. The van der Waals surface area contributed by atoms with E-state index < -0.39 is 22.0 Å². The van der Waals surface area contributed by atoms with Crippen LogP contribution in [0.3, 0.4) is 0 Å². The normalized spacial score (nSPS) is 16.7. The lowest BCUT2D eigenvalue weighted by Gasteiger charge is -2.35. The third kappa shape index (κ3) is 7.11. The van der Waals surface area contributed by atoms with Gasteiger partial charge in [-0.15, -0.1) is 0 Å². The van der Waals surface area contributed by atoms with Crippen LogP contribution in [0.2, 0.25) is 5.15 Å². The molecule has 0 radical (unpaired) electrons. The Balaban J connectivity index is 1.68. The van der Waals surface area contributed by atoms with E-state index in [0.29, 0.717) is 17.9 Å². The summed E-state index contributed by atoms with van der Waals surface area (Å²) in [5, 5.41) is 0.249. The standard InChI is InChI=1S/C31H33ClN6O4S/c1-19-8-6-9-20(2)28(19)24-15-27-36-30(34-24)37-43(40,41)23-11-7-10-21(14-23)29(39)38(17-26-33-13-12-25(32)35-26)22(18-42-27)16-31(3,4)5/h6-15,22H,16-18H2,1-5H3,(H,34,36,37)/t22-/m1/s1. The highest BCUT2D eigenvalue weighted by Crippen LogP contribution is 2.31. The van der Waals surface area contributed by atoms with Crippen molar-refractivity contribution in [1.29, 1.82) is 0 Å². The number of sulfonamides is 1. The van der Waals surface area contributed by atoms with Crippen molar-refractivity contribution in [3.05, 3.63) is 88.5 Å². The molecule has 1 aliphatic rings. The Hall–Kier alpha value is -4.09. The first-order valence-electron chi connectivity index (χ1n) is 13.8. The fourth-order valence-corrected chi connectivity index (χ4v) is 6.29. The average molecular weight is 621 g/mol. The van der Waals surface area contributed by atoms with Crippen molar-refractivity contribution in [1.82, 2.24) is 24.8 Å². The van der Waals surface area contributed by atoms with Gasteiger partial charge in [0.1, 0.15) is 17.6 Å². The third-order valence-corrected chi connectivity index (χ3v) is 8.55. The van der Waals surface area contributed by atoms with Gasteiger partial charge in [0, 0.05) is 23.4 Å². The molecule has 0 unspecified atom stereocenters. The van der Waals surface area contributed by atoms with Crippen molar-refractivity contribution in [2.45, 2.75) is 58.5 Å². The van der Waals surface area contributed by atoms with Crippen LogP contribution >= 0.6 is 11.6 Å². The zero-order chi connectivity index (χ0) is 30.9. The molecule has 12 heteroatoms. The van der Waals surface area contributed by atoms with Crippen LogP contribution in [0.5, 0.6) is 5.88 Å². The molecule has 0 spiro atoms. The summed E-state index contributed by atoms with van der Waals surface area (Å²) >= 11 is 6.15. The number of carbonyl (C=O) groups is 1. The summed E-state index contributed by atoms with van der Waals surface area (Å²) in [4.78, 5) is 33.3. The van der Waals surface area contributed by atoms with Gasteiger partial charge in [-0.25, -0.2) is 28.1 Å². The fraction of sp³-hybridized carbons (Fsp3) is 0.323. The number of rotatable bonds is 4. The summed E-state index contributed by atoms with van der Waals surface area (Å²) in [6.07, 6.45) is 2.08. The predicted octanol–water partition coefficient (Wildman–Crippen LogP) is 5.84. The third-order valence-electron chi connectivity index (χ3n) is 7.01. The van der Waals surface area contributed by atoms with Crippen LogP contribution in [-0.4, -0.2) is 51.8 Å². The largest absolute Gasteiger partial charge is 0.475 e. The smallest absolute Gasteiger partial charge is 0.264 e. The summed E-state index contributed by atoms with van der Waals surface area (Å²) in [6, 6.07) is 14.5. The molecule has 0 aliphatic carbocycles. The van der Waals surface area contributed by atoms with Crippen LogP contribution in [0.1, 0.15) is 54.5 Å². The lowest BCUT2D eigenvalue weighted by atomic mass is 9.87. The van der Waals surface area contributed by atoms with Gasteiger partial charge in [-0.1, -0.05) is 56.6 Å². The molecule has 1 amide bonds. The van der Waals surface area contributed by atoms with Crippen LogP contribution in [-0.2, 0) is 16.6 Å². The number of aromatic nitrogens is 4. The molecular formula is C31H33ClN6O4S. The zero-order valence-corrected chi connectivity index (χ0v) is 26.2. The van der Waals surface area contributed by atoms with E-state index in [1.807, 2.05) is 32.0 Å². The van der Waals surface area contributed by atoms with Crippen LogP contribution in [0.15, 0.2) is 65.7 Å². The highest BCUT2D eigenvalue weighted by atomic mass is 35.5. The number of halogens is 1. The second kappa shape index (κ2) is 11.9. The summed E-state index contributed by atoms with van der Waals surface area (Å²) in [6.45, 7) is 10.2. The molecule has 1 atom stereocenters. The number of carbonyl (C=O) groups excluding carboxylic acids is 1. The highest BCUT2D eigenvalue weighted by molar-refractivity contribution is 7.92. The first-order chi connectivity index (χ1) is 20.3. The van der Waals surface area contributed by atoms with Crippen LogP contribution in [0, 0.1) is 19.3 Å². The molecule has 4 bridgehead atoms. The van der Waals surface area contributed by atoms with Gasteiger partial charge in [0.05, 0.1) is 23.2 Å². The fourth-order valence-electron chi connectivity index (χ4n) is 5.15. The second-order valence-corrected chi connectivity index (χ2v) is 13.8. The lowest BCUT2D eigenvalue weighted by molar-refractivity contribution is 0.0505. The van der Waals surface area contributed by atoms with Crippen molar-refractivity contribution >= 4 is 33.5 Å². The number of benzene rings is 2. The number of nitrogens with one attached hydrogen (secondary N) is 1. The lowest BCUT2D eigenvalue weighted by Crippen LogP contribution is -2.45. The number of hydrogen-bond donors (Lipinski definition) is 1. The molecule has 10 nitrogen and oxygen atoms in total. The molecule has 4 aromatic rings. The van der Waals surface area contributed by atoms with E-state index >= 15 is 0 Å². The van der Waals surface area contributed by atoms with Gasteiger partial charge < -0.3 is 9.64 Å². The monoisotopic (exact) mass is 620 g/mol. The Morgan fingerprint density at radius 3 is 2.44 bits per heavy atom. The molecule has 2 aromatic carbocycles. The van der Waals surface area contributed by atoms with Crippen molar-refractivity contribution in [3.8, 4) is 17.1 Å². The molecule has 1 aliphatic heterocycles. The summed E-state index contributed by atoms with van der Waals surface area (Å²) in [5.74, 6) is -0.0211. The minimum atomic E-state index is -4.17. The van der Waals surface area contributed by atoms with Gasteiger partial charge in [0.15, 0.2) is 0 Å². The first kappa shape index (κ1) is 30.4. The number of hydrogen-bond acceptors (Lipinski definition) is 8. The van der Waals surface area contributed by atoms with E-state index in [9.17, 15) is 13.2 Å². The molecule has 0 fully saturated rings. The van der Waals surface area contributed by atoms with Crippen molar-refractivity contribution < 1.29 is 17.9 Å². The van der Waals surface area contributed by atoms with Gasteiger partial charge in [0.25, 0.3) is 15.9 Å². The predicted molar refractivity (Wildman–Crippen MR) is 164 cm³/mol. The Bertz CT molecular complexity index is 1770. The van der Waals surface area contributed by atoms with E-state index in [1.54, 1.807) is 23.1 Å². The summed E-state index contributed by atoms with van der Waals surface area (Å²) in [7, 11) is -4.17. The minimum absolute atomic E-state index is 0.0292. The van der Waals surface area contributed by atoms with E-state index in [0.717, 1.165) is 16.7 Å². The van der Waals surface area contributed by atoms with E-state index in [2.05, 4.69) is 45.4 Å². The maximum Gasteiger partial charge on any atom is 0.264 e. The number of ether oxygens (including phenoxy) is 1. The van der Waals surface area contributed by atoms with Crippen LogP contribution in [0.25, 0.3) is 11.3 Å². The summed E-state index contributed by atoms with van der Waals surface area (Å²) in [5.41, 5.74) is 3.27. The van der Waals surface area contributed by atoms with Gasteiger partial charge in [-0.05, 0) is 61.1 Å². The van der Waals surface area contributed by atoms with Gasteiger partial charge >= 0.3 is 0 Å². The van der Waals surface area contributed by atoms with E-state index in [1.165, 1.54) is 24.4 Å². The maximum absolute atomic E-state index is 14.1. The Morgan fingerprint density at radius 2 is 1.74 bits per heavy atom. The molecule has 0 saturated heterocycles. The second-order valence-electron chi connectivity index (χ2n) is 11.8. The number of anilines is 1. The molecule has 43 heavy (non-hydrogen) atoms. The minimum Gasteiger partial charge on any atom is -0.475 e. The van der Waals surface area contributed by atoms with Gasteiger partial charge in [0.2, 0.25) is 11.8 Å². The van der Waals surface area contributed by atoms with Gasteiger partial charge in [-0.2, -0.15) is 4.98 Å². The molecule has 224 valence electrons. The molecule has 5 rings (SSSR count). The number of nitrogens with zero attached hydrogens (tertiary/aromatic N) is 5. The molecule has 0 saturated carbocycles. The number of aryl methyl sites for hydroxylation is 2. The Morgan fingerprint density at radius 1 is 1.02 bits per heavy atom. The summed E-state index contributed by atoms with van der Waals surface area (Å²) < 4.78 is 35.8. The molecule has 2 aromatic heterocycles. The van der Waals surface area contributed by atoms with E-state index in [4.69, 9.17) is 16.3 Å². The quantitative estimate of drug-likeness (QED) is 0.282. The van der Waals surface area contributed by atoms with Crippen LogP contribution < -0.4 is 9.46 Å². The zero-order valence-electron chi connectivity index (χ0n) is 24.6. The highest BCUT2D eigenvalue weighted by Gasteiger charge is 2.32. The first-order valence-corrected chi connectivity index (χ1v) is 15.6. The Labute approximate surface area is 256 Å². The van der Waals surface area contributed by atoms with Gasteiger partial charge in [-0.3, -0.25) is 4.79 Å². The van der Waals surface area contributed by atoms with Crippen molar-refractivity contribution in [2.24, 2.45) is 5.41 Å². The van der Waals surface area contributed by atoms with E-state index in [-0.39, 0.29) is 46.0 Å². The average Bonchev–Trinajstić information content (AvgIpc) is 2.92. The Kier molecular flexibility index (Phi) is 8.40. The molecular weight excluding hydrogens is 588 g/mol. The van der Waals surface area contributed by atoms with Crippen molar-refractivity contribution in [3.63, 3.8) is 0 Å². The number of amides is 1. The molecule has 1 N–H and O–H groups in total. The van der Waals surface area contributed by atoms with Crippen LogP contribution in [0.4, 0.5) is 5.95 Å². The topological polar surface area (TPSA) is 127 Å². The SMILES string of the molecule is Cc1cccc(C)c1-c1cc2nc(n1)NS(=O)(=O)c1cccc(c1)C(=O)N(Cc1nccc(Cl)n1)[C@H](CC(C)(C)C)CO2.